The van der Waals surface area contributed by atoms with Gasteiger partial charge in [-0.2, -0.15) is 4.59 Å². The third-order valence-electron chi connectivity index (χ3n) is 9.57. The molecular weight excluding hydrogens is 446 g/mol. The van der Waals surface area contributed by atoms with Gasteiger partial charge in [0.05, 0.1) is 30.5 Å². The highest BCUT2D eigenvalue weighted by molar-refractivity contribution is 6.03. The van der Waals surface area contributed by atoms with E-state index in [0.717, 1.165) is 66.9 Å². The molecule has 2 aromatic rings. The standard InChI is InChI=1S/C31H38N3O2/c1-36-31(35)28-25-12-5-6-14-27(25)33-19-21-34(32-17-7-8-18-32)20-9-13-24-23(22-10-3-2-4-11-22)15-16-26(29(28)33)30(24)34/h5,9,12,15-16,20,22H,2-4,6-8,10-11,13-14,17-19,21H2,1H3/q+1. The zero-order chi connectivity index (χ0) is 24.3. The minimum absolute atomic E-state index is 0.204. The molecule has 1 saturated heterocycles. The van der Waals surface area contributed by atoms with E-state index in [1.807, 2.05) is 0 Å². The van der Waals surface area contributed by atoms with Crippen LogP contribution in [-0.2, 0) is 24.1 Å². The lowest BCUT2D eigenvalue weighted by molar-refractivity contribution is 0.0501. The number of methoxy groups -OCH3 is 1. The number of rotatable bonds is 3. The van der Waals surface area contributed by atoms with Crippen LogP contribution in [0.2, 0.25) is 0 Å². The number of nitrogens with zero attached hydrogens (tertiary/aromatic N) is 3. The molecule has 1 aromatic carbocycles. The van der Waals surface area contributed by atoms with Crippen LogP contribution in [0.5, 0.6) is 0 Å². The zero-order valence-electron chi connectivity index (χ0n) is 21.6. The molecule has 5 heteroatoms. The number of carbonyl (C=O) groups is 1. The van der Waals surface area contributed by atoms with E-state index in [9.17, 15) is 4.79 Å². The molecule has 0 bridgehead atoms. The maximum Gasteiger partial charge on any atom is 0.340 e. The average molecular weight is 485 g/mol. The lowest BCUT2D eigenvalue weighted by atomic mass is 9.79. The first-order valence-electron chi connectivity index (χ1n) is 14.2. The van der Waals surface area contributed by atoms with E-state index in [0.29, 0.717) is 5.92 Å². The molecule has 1 aromatic heterocycles. The summed E-state index contributed by atoms with van der Waals surface area (Å²) in [5.41, 5.74) is 10.1. The molecule has 36 heavy (non-hydrogen) atoms. The van der Waals surface area contributed by atoms with Crippen molar-refractivity contribution < 1.29 is 9.53 Å². The minimum Gasteiger partial charge on any atom is -0.465 e. The van der Waals surface area contributed by atoms with Gasteiger partial charge in [-0.15, -0.1) is 5.01 Å². The van der Waals surface area contributed by atoms with Crippen LogP contribution in [-0.4, -0.2) is 42.3 Å². The lowest BCUT2D eigenvalue weighted by Gasteiger charge is -2.44. The molecule has 0 amide bonds. The van der Waals surface area contributed by atoms with E-state index in [4.69, 9.17) is 4.74 Å². The summed E-state index contributed by atoms with van der Waals surface area (Å²) < 4.78 is 8.72. The summed E-state index contributed by atoms with van der Waals surface area (Å²) in [6.45, 7) is 4.19. The Morgan fingerprint density at radius 2 is 1.86 bits per heavy atom. The quantitative estimate of drug-likeness (QED) is 0.376. The smallest absolute Gasteiger partial charge is 0.340 e. The van der Waals surface area contributed by atoms with E-state index in [-0.39, 0.29) is 5.97 Å². The molecule has 1 saturated carbocycles. The molecule has 0 spiro atoms. The summed E-state index contributed by atoms with van der Waals surface area (Å²) in [4.78, 5) is 13.3. The Morgan fingerprint density at radius 3 is 2.67 bits per heavy atom. The average Bonchev–Trinajstić information content (AvgIpc) is 3.56. The summed E-state index contributed by atoms with van der Waals surface area (Å²) in [6, 6.07) is 4.81. The van der Waals surface area contributed by atoms with Crippen molar-refractivity contribution >= 4 is 17.7 Å². The van der Waals surface area contributed by atoms with E-state index in [1.54, 1.807) is 5.56 Å². The Labute approximate surface area is 214 Å². The molecule has 0 radical (unpaired) electrons. The number of aromatic nitrogens is 1. The zero-order valence-corrected chi connectivity index (χ0v) is 21.6. The van der Waals surface area contributed by atoms with Crippen LogP contribution in [0.25, 0.3) is 17.3 Å². The monoisotopic (exact) mass is 484 g/mol. The number of hydrogen-bond acceptors (Lipinski definition) is 3. The molecule has 5 nitrogen and oxygen atoms in total. The highest BCUT2D eigenvalue weighted by atomic mass is 16.5. The van der Waals surface area contributed by atoms with E-state index in [2.05, 4.69) is 46.1 Å². The van der Waals surface area contributed by atoms with Crippen molar-refractivity contribution in [1.29, 1.82) is 0 Å². The number of hydrogen-bond donors (Lipinski definition) is 0. The van der Waals surface area contributed by atoms with Crippen molar-refractivity contribution in [3.8, 4) is 11.3 Å². The molecule has 3 aliphatic heterocycles. The second kappa shape index (κ2) is 8.74. The maximum absolute atomic E-state index is 13.3. The molecule has 1 unspecified atom stereocenters. The fourth-order valence-electron chi connectivity index (χ4n) is 7.98. The number of carbonyl (C=O) groups excluding carboxylic acids is 1. The Kier molecular flexibility index (Phi) is 5.48. The Balaban J connectivity index is 1.53. The minimum atomic E-state index is -0.204. The van der Waals surface area contributed by atoms with Gasteiger partial charge in [-0.3, -0.25) is 0 Å². The van der Waals surface area contributed by atoms with Crippen LogP contribution in [0.3, 0.4) is 0 Å². The number of fused-ring (bicyclic) bond motifs is 4. The Morgan fingerprint density at radius 1 is 1.03 bits per heavy atom. The van der Waals surface area contributed by atoms with Crippen LogP contribution in [0, 0.1) is 0 Å². The molecule has 188 valence electrons. The third-order valence-corrected chi connectivity index (χ3v) is 9.57. The molecule has 7 rings (SSSR count). The summed E-state index contributed by atoms with van der Waals surface area (Å²) in [7, 11) is 1.52. The number of esters is 1. The normalized spacial score (nSPS) is 25.2. The van der Waals surface area contributed by atoms with Gasteiger partial charge in [-0.25, -0.2) is 4.79 Å². The summed E-state index contributed by atoms with van der Waals surface area (Å²) in [5, 5.41) is 2.71. The molecule has 0 N–H and O–H groups in total. The Bertz CT molecular complexity index is 1270. The molecule has 2 aliphatic carbocycles. The molecule has 1 atom stereocenters. The van der Waals surface area contributed by atoms with Gasteiger partial charge in [0.1, 0.15) is 12.7 Å². The van der Waals surface area contributed by atoms with Crippen molar-refractivity contribution in [2.75, 3.05) is 26.7 Å². The van der Waals surface area contributed by atoms with E-state index >= 15 is 0 Å². The highest BCUT2D eigenvalue weighted by Gasteiger charge is 2.47. The highest BCUT2D eigenvalue weighted by Crippen LogP contribution is 2.51. The predicted molar refractivity (Wildman–Crippen MR) is 145 cm³/mol. The second-order valence-corrected chi connectivity index (χ2v) is 11.3. The number of ether oxygens (including phenoxy) is 1. The van der Waals surface area contributed by atoms with E-state index < -0.39 is 0 Å². The van der Waals surface area contributed by atoms with Gasteiger partial charge in [-0.1, -0.05) is 37.5 Å². The van der Waals surface area contributed by atoms with Crippen LogP contribution >= 0.6 is 0 Å². The van der Waals surface area contributed by atoms with Crippen LogP contribution in [0.1, 0.15) is 90.0 Å². The van der Waals surface area contributed by atoms with Gasteiger partial charge in [-0.05, 0) is 62.1 Å². The summed E-state index contributed by atoms with van der Waals surface area (Å²) >= 11 is 0. The first-order valence-corrected chi connectivity index (χ1v) is 14.2. The second-order valence-electron chi connectivity index (χ2n) is 11.3. The van der Waals surface area contributed by atoms with Gasteiger partial charge in [0, 0.05) is 36.3 Å². The van der Waals surface area contributed by atoms with Gasteiger partial charge in [0.25, 0.3) is 0 Å². The number of benzene rings is 1. The van der Waals surface area contributed by atoms with Gasteiger partial charge < -0.3 is 9.30 Å². The molecular formula is C31H38N3O2+. The topological polar surface area (TPSA) is 34.5 Å². The number of quaternary nitrogens is 1. The fraction of sp³-hybridized carbons (Fsp3) is 0.516. The lowest BCUT2D eigenvalue weighted by Crippen LogP contribution is -2.59. The van der Waals surface area contributed by atoms with E-state index in [1.165, 1.54) is 74.6 Å². The summed E-state index contributed by atoms with van der Waals surface area (Å²) in [5.74, 6) is 0.460. The first-order chi connectivity index (χ1) is 17.7. The predicted octanol–water partition coefficient (Wildman–Crippen LogP) is 6.35. The summed E-state index contributed by atoms with van der Waals surface area (Å²) in [6.07, 6.45) is 21.5. The van der Waals surface area contributed by atoms with Crippen molar-refractivity contribution in [2.45, 2.75) is 76.7 Å². The molecule has 5 aliphatic rings. The fourth-order valence-corrected chi connectivity index (χ4v) is 7.98. The van der Waals surface area contributed by atoms with Crippen LogP contribution in [0.4, 0.5) is 5.69 Å². The SMILES string of the molecule is COC(=O)c1c2c(n3c1-c1ccc(C4CCCCC4)c4c1[N+](N1CCCC1)(C=CC4)CC3)CCC=C2. The van der Waals surface area contributed by atoms with Crippen LogP contribution < -0.4 is 4.59 Å². The van der Waals surface area contributed by atoms with Gasteiger partial charge >= 0.3 is 5.97 Å². The third kappa shape index (κ3) is 3.18. The first kappa shape index (κ1) is 22.6. The van der Waals surface area contributed by atoms with Gasteiger partial charge in [0.15, 0.2) is 5.69 Å². The van der Waals surface area contributed by atoms with Gasteiger partial charge in [0.2, 0.25) is 0 Å². The molecule has 4 heterocycles. The van der Waals surface area contributed by atoms with Crippen molar-refractivity contribution in [1.82, 2.24) is 14.2 Å². The van der Waals surface area contributed by atoms with Crippen LogP contribution in [0.15, 0.2) is 30.5 Å². The number of allylic oxidation sites excluding steroid dienone is 2. The largest absolute Gasteiger partial charge is 0.465 e. The van der Waals surface area contributed by atoms with Crippen molar-refractivity contribution in [3.63, 3.8) is 0 Å². The Hall–Kier alpha value is -2.63. The maximum atomic E-state index is 13.3. The van der Waals surface area contributed by atoms with Crippen molar-refractivity contribution in [3.05, 3.63) is 58.4 Å². The van der Waals surface area contributed by atoms with Crippen molar-refractivity contribution in [2.24, 2.45) is 0 Å². The molecule has 2 fully saturated rings.